The Balaban J connectivity index is 2.40. The highest BCUT2D eigenvalue weighted by atomic mass is 16.5. The number of carbonyl (C=O) groups excluding carboxylic acids is 2. The van der Waals surface area contributed by atoms with E-state index in [4.69, 9.17) is 4.74 Å². The minimum absolute atomic E-state index is 0.207. The molecule has 1 aromatic carbocycles. The lowest BCUT2D eigenvalue weighted by molar-refractivity contribution is 0.0822. The Morgan fingerprint density at radius 2 is 1.91 bits per heavy atom. The van der Waals surface area contributed by atoms with Crippen molar-refractivity contribution in [3.63, 3.8) is 0 Å². The number of methoxy groups -OCH3 is 1. The van der Waals surface area contributed by atoms with Gasteiger partial charge in [0.25, 0.3) is 11.8 Å². The van der Waals surface area contributed by atoms with E-state index in [9.17, 15) is 9.59 Å². The molecule has 2 rings (SSSR count). The Bertz CT molecular complexity index is 750. The molecule has 1 N–H and O–H groups in total. The molecule has 0 aliphatic heterocycles. The first-order valence-corrected chi connectivity index (χ1v) is 7.06. The van der Waals surface area contributed by atoms with Crippen molar-refractivity contribution >= 4 is 17.5 Å². The van der Waals surface area contributed by atoms with E-state index in [1.165, 1.54) is 12.0 Å². The van der Waals surface area contributed by atoms with Crippen LogP contribution in [0.15, 0.2) is 24.3 Å². The number of nitrogens with one attached hydrogen (secondary N) is 1. The Labute approximate surface area is 134 Å². The molecule has 1 aromatic heterocycles. The molecule has 23 heavy (non-hydrogen) atoms. The number of aryl methyl sites for hydroxylation is 1. The van der Waals surface area contributed by atoms with Crippen LogP contribution in [0.25, 0.3) is 0 Å². The molecule has 0 saturated carbocycles. The topological polar surface area (TPSA) is 76.5 Å². The predicted octanol–water partition coefficient (Wildman–Crippen LogP) is 1.69. The molecule has 0 unspecified atom stereocenters. The summed E-state index contributed by atoms with van der Waals surface area (Å²) in [5.41, 5.74) is 1.69. The number of carbonyl (C=O) groups is 2. The van der Waals surface area contributed by atoms with Gasteiger partial charge in [-0.1, -0.05) is 12.1 Å². The molecule has 7 nitrogen and oxygen atoms in total. The summed E-state index contributed by atoms with van der Waals surface area (Å²) >= 11 is 0. The fourth-order valence-electron chi connectivity index (χ4n) is 2.13. The number of ether oxygens (including phenoxy) is 1. The summed E-state index contributed by atoms with van der Waals surface area (Å²) in [4.78, 5) is 26.2. The molecule has 7 heteroatoms. The molecular weight excluding hydrogens is 296 g/mol. The standard InChI is InChI=1S/C16H20N4O3/c1-10-13(14(18-20(10)4)16(22)19(2)3)17-15(21)11-8-6-7-9-12(11)23-5/h6-9H,1-5H3,(H,17,21). The van der Waals surface area contributed by atoms with Crippen LogP contribution in [0.2, 0.25) is 0 Å². The van der Waals surface area contributed by atoms with E-state index < -0.39 is 0 Å². The smallest absolute Gasteiger partial charge is 0.276 e. The normalized spacial score (nSPS) is 10.3. The van der Waals surface area contributed by atoms with Gasteiger partial charge >= 0.3 is 0 Å². The third-order valence-corrected chi connectivity index (χ3v) is 3.53. The first-order valence-electron chi connectivity index (χ1n) is 7.06. The highest BCUT2D eigenvalue weighted by Crippen LogP contribution is 2.24. The first kappa shape index (κ1) is 16.5. The van der Waals surface area contributed by atoms with E-state index in [1.54, 1.807) is 57.0 Å². The lowest BCUT2D eigenvalue weighted by Crippen LogP contribution is -2.24. The van der Waals surface area contributed by atoms with Gasteiger partial charge in [0.15, 0.2) is 5.69 Å². The van der Waals surface area contributed by atoms with Gasteiger partial charge in [-0.2, -0.15) is 5.10 Å². The van der Waals surface area contributed by atoms with Crippen LogP contribution in [-0.2, 0) is 7.05 Å². The fourth-order valence-corrected chi connectivity index (χ4v) is 2.13. The summed E-state index contributed by atoms with van der Waals surface area (Å²) in [6.07, 6.45) is 0. The summed E-state index contributed by atoms with van der Waals surface area (Å²) < 4.78 is 6.76. The summed E-state index contributed by atoms with van der Waals surface area (Å²) in [6, 6.07) is 6.90. The Morgan fingerprint density at radius 1 is 1.26 bits per heavy atom. The summed E-state index contributed by atoms with van der Waals surface area (Å²) in [5, 5.41) is 6.98. The van der Waals surface area contributed by atoms with Gasteiger partial charge in [0.1, 0.15) is 5.75 Å². The zero-order valence-electron chi connectivity index (χ0n) is 13.9. The van der Waals surface area contributed by atoms with Crippen LogP contribution in [0.3, 0.4) is 0 Å². The van der Waals surface area contributed by atoms with E-state index in [-0.39, 0.29) is 17.5 Å². The van der Waals surface area contributed by atoms with Crippen molar-refractivity contribution in [3.05, 3.63) is 41.2 Å². The van der Waals surface area contributed by atoms with Crippen LogP contribution < -0.4 is 10.1 Å². The largest absolute Gasteiger partial charge is 0.496 e. The SMILES string of the molecule is COc1ccccc1C(=O)Nc1c(C(=O)N(C)C)nn(C)c1C. The number of hydrogen-bond donors (Lipinski definition) is 1. The van der Waals surface area contributed by atoms with Gasteiger partial charge in [0.2, 0.25) is 0 Å². The minimum Gasteiger partial charge on any atom is -0.496 e. The number of aromatic nitrogens is 2. The van der Waals surface area contributed by atoms with E-state index in [2.05, 4.69) is 10.4 Å². The van der Waals surface area contributed by atoms with Crippen LogP contribution in [0.1, 0.15) is 26.5 Å². The van der Waals surface area contributed by atoms with Crippen LogP contribution in [-0.4, -0.2) is 47.7 Å². The van der Waals surface area contributed by atoms with Gasteiger partial charge in [0, 0.05) is 21.1 Å². The van der Waals surface area contributed by atoms with E-state index in [0.717, 1.165) is 0 Å². The molecule has 0 fully saturated rings. The molecule has 2 aromatic rings. The average Bonchev–Trinajstić information content (AvgIpc) is 2.82. The minimum atomic E-state index is -0.355. The number of nitrogens with zero attached hydrogens (tertiary/aromatic N) is 3. The molecule has 0 bridgehead atoms. The molecule has 0 spiro atoms. The maximum absolute atomic E-state index is 12.5. The second kappa shape index (κ2) is 6.51. The lowest BCUT2D eigenvalue weighted by atomic mass is 10.1. The van der Waals surface area contributed by atoms with Gasteiger partial charge in [0.05, 0.1) is 24.1 Å². The van der Waals surface area contributed by atoms with Crippen molar-refractivity contribution in [1.29, 1.82) is 0 Å². The zero-order valence-corrected chi connectivity index (χ0v) is 13.9. The zero-order chi connectivity index (χ0) is 17.1. The maximum Gasteiger partial charge on any atom is 0.276 e. The third kappa shape index (κ3) is 3.18. The van der Waals surface area contributed by atoms with Crippen LogP contribution in [0, 0.1) is 6.92 Å². The number of anilines is 1. The second-order valence-corrected chi connectivity index (χ2v) is 5.29. The molecule has 122 valence electrons. The third-order valence-electron chi connectivity index (χ3n) is 3.53. The molecule has 0 radical (unpaired) electrons. The Morgan fingerprint density at radius 3 is 2.52 bits per heavy atom. The van der Waals surface area contributed by atoms with Crippen molar-refractivity contribution in [2.75, 3.05) is 26.5 Å². The number of para-hydroxylation sites is 1. The number of amides is 2. The molecular formula is C16H20N4O3. The number of rotatable bonds is 4. The number of hydrogen-bond acceptors (Lipinski definition) is 4. The Kier molecular flexibility index (Phi) is 4.68. The van der Waals surface area contributed by atoms with Gasteiger partial charge in [-0.3, -0.25) is 14.3 Å². The summed E-state index contributed by atoms with van der Waals surface area (Å²) in [7, 11) is 6.50. The van der Waals surface area contributed by atoms with Crippen LogP contribution >= 0.6 is 0 Å². The van der Waals surface area contributed by atoms with Crippen molar-refractivity contribution in [1.82, 2.24) is 14.7 Å². The van der Waals surface area contributed by atoms with Gasteiger partial charge < -0.3 is 15.0 Å². The van der Waals surface area contributed by atoms with Gasteiger partial charge in [-0.05, 0) is 19.1 Å². The molecule has 0 aliphatic carbocycles. The van der Waals surface area contributed by atoms with Crippen LogP contribution in [0.5, 0.6) is 5.75 Å². The first-order chi connectivity index (χ1) is 10.9. The average molecular weight is 316 g/mol. The number of benzene rings is 1. The highest BCUT2D eigenvalue weighted by molar-refractivity contribution is 6.10. The monoisotopic (exact) mass is 316 g/mol. The van der Waals surface area contributed by atoms with E-state index in [0.29, 0.717) is 22.7 Å². The van der Waals surface area contributed by atoms with Gasteiger partial charge in [-0.15, -0.1) is 0 Å². The van der Waals surface area contributed by atoms with Crippen molar-refractivity contribution in [3.8, 4) is 5.75 Å². The van der Waals surface area contributed by atoms with E-state index in [1.807, 2.05) is 0 Å². The Hall–Kier alpha value is -2.83. The maximum atomic E-state index is 12.5. The molecule has 0 saturated heterocycles. The fraction of sp³-hybridized carbons (Fsp3) is 0.312. The van der Waals surface area contributed by atoms with E-state index >= 15 is 0 Å². The van der Waals surface area contributed by atoms with Crippen molar-refractivity contribution in [2.45, 2.75) is 6.92 Å². The highest BCUT2D eigenvalue weighted by Gasteiger charge is 2.23. The summed E-state index contributed by atoms with van der Waals surface area (Å²) in [5.74, 6) is -0.164. The van der Waals surface area contributed by atoms with Crippen molar-refractivity contribution in [2.24, 2.45) is 7.05 Å². The quantitative estimate of drug-likeness (QED) is 0.931. The molecule has 0 atom stereocenters. The predicted molar refractivity (Wildman–Crippen MR) is 86.9 cm³/mol. The van der Waals surface area contributed by atoms with Crippen LogP contribution in [0.4, 0.5) is 5.69 Å². The molecule has 1 heterocycles. The summed E-state index contributed by atoms with van der Waals surface area (Å²) in [6.45, 7) is 1.79. The molecule has 2 amide bonds. The molecule has 0 aliphatic rings. The lowest BCUT2D eigenvalue weighted by Gasteiger charge is -2.12. The second-order valence-electron chi connectivity index (χ2n) is 5.29. The van der Waals surface area contributed by atoms with Crippen molar-refractivity contribution < 1.29 is 14.3 Å². The van der Waals surface area contributed by atoms with Gasteiger partial charge in [-0.25, -0.2) is 0 Å².